The van der Waals surface area contributed by atoms with Crippen LogP contribution in [0, 0.1) is 0 Å². The van der Waals surface area contributed by atoms with E-state index < -0.39 is 0 Å². The zero-order valence-electron chi connectivity index (χ0n) is 16.5. The van der Waals surface area contributed by atoms with Crippen molar-refractivity contribution in [2.45, 2.75) is 110 Å². The summed E-state index contributed by atoms with van der Waals surface area (Å²) in [6.07, 6.45) is 13.1. The molecule has 0 aromatic rings. The molecule has 0 aromatic carbocycles. The van der Waals surface area contributed by atoms with E-state index in [1.54, 1.807) is 0 Å². The molecule has 0 radical (unpaired) electrons. The van der Waals surface area contributed by atoms with Gasteiger partial charge in [-0.2, -0.15) is 0 Å². The van der Waals surface area contributed by atoms with Crippen molar-refractivity contribution in [1.29, 1.82) is 0 Å². The van der Waals surface area contributed by atoms with Crippen LogP contribution in [0.3, 0.4) is 0 Å². The van der Waals surface area contributed by atoms with Crippen molar-refractivity contribution in [3.63, 3.8) is 0 Å². The maximum Gasteiger partial charge on any atom is 0.305 e. The molecule has 0 atom stereocenters. The highest BCUT2D eigenvalue weighted by atomic mass is 17.2. The fourth-order valence-electron chi connectivity index (χ4n) is 2.32. The predicted molar refractivity (Wildman–Crippen MR) is 98.8 cm³/mol. The molecular formula is C20H40O4. The highest BCUT2D eigenvalue weighted by Gasteiger charge is 2.10. The monoisotopic (exact) mass is 344 g/mol. The molecule has 0 aliphatic heterocycles. The Kier molecular flexibility index (Phi) is 15.5. The van der Waals surface area contributed by atoms with Gasteiger partial charge in [0.15, 0.2) is 0 Å². The minimum Gasteiger partial charge on any atom is -0.466 e. The molecule has 0 bridgehead atoms. The van der Waals surface area contributed by atoms with Crippen molar-refractivity contribution < 1.29 is 19.3 Å². The zero-order chi connectivity index (χ0) is 18.1. The van der Waals surface area contributed by atoms with E-state index in [1.807, 2.05) is 20.8 Å². The van der Waals surface area contributed by atoms with Crippen LogP contribution in [0.5, 0.6) is 0 Å². The topological polar surface area (TPSA) is 44.8 Å². The number of esters is 1. The van der Waals surface area contributed by atoms with E-state index >= 15 is 0 Å². The first-order valence-electron chi connectivity index (χ1n) is 9.92. The quantitative estimate of drug-likeness (QED) is 0.150. The zero-order valence-corrected chi connectivity index (χ0v) is 16.5. The van der Waals surface area contributed by atoms with Crippen LogP contribution in [0.25, 0.3) is 0 Å². The van der Waals surface area contributed by atoms with Gasteiger partial charge in [-0.25, -0.2) is 9.78 Å². The second-order valence-corrected chi connectivity index (χ2v) is 7.52. The van der Waals surface area contributed by atoms with Crippen molar-refractivity contribution in [2.75, 3.05) is 13.2 Å². The third kappa shape index (κ3) is 19.4. The van der Waals surface area contributed by atoms with Crippen LogP contribution >= 0.6 is 0 Å². The van der Waals surface area contributed by atoms with Gasteiger partial charge in [0.05, 0.1) is 18.8 Å². The van der Waals surface area contributed by atoms with Crippen molar-refractivity contribution in [3.8, 4) is 0 Å². The van der Waals surface area contributed by atoms with Gasteiger partial charge in [0, 0.05) is 6.42 Å². The Labute approximate surface area is 149 Å². The first kappa shape index (κ1) is 23.4. The third-order valence-corrected chi connectivity index (χ3v) is 3.68. The summed E-state index contributed by atoms with van der Waals surface area (Å²) >= 11 is 0. The minimum atomic E-state index is -0.229. The highest BCUT2D eigenvalue weighted by molar-refractivity contribution is 5.69. The van der Waals surface area contributed by atoms with E-state index in [4.69, 9.17) is 14.5 Å². The summed E-state index contributed by atoms with van der Waals surface area (Å²) in [4.78, 5) is 21.9. The standard InChI is InChI=1S/C20H40O4/c1-5-6-7-10-13-16-19(21)22-17-14-11-8-9-12-15-18-23-24-20(2,3)4/h5-18H2,1-4H3. The molecule has 0 aromatic heterocycles. The van der Waals surface area contributed by atoms with Crippen LogP contribution in [-0.4, -0.2) is 24.8 Å². The molecule has 0 heterocycles. The fraction of sp³-hybridized carbons (Fsp3) is 0.950. The summed E-state index contributed by atoms with van der Waals surface area (Å²) < 4.78 is 5.26. The van der Waals surface area contributed by atoms with Crippen LogP contribution in [0.2, 0.25) is 0 Å². The van der Waals surface area contributed by atoms with E-state index in [-0.39, 0.29) is 11.6 Å². The Hall–Kier alpha value is -0.610. The Morgan fingerprint density at radius 3 is 1.92 bits per heavy atom. The van der Waals surface area contributed by atoms with Crippen LogP contribution < -0.4 is 0 Å². The van der Waals surface area contributed by atoms with Gasteiger partial charge in [-0.3, -0.25) is 4.79 Å². The van der Waals surface area contributed by atoms with Gasteiger partial charge in [0.1, 0.15) is 0 Å². The average Bonchev–Trinajstić information content (AvgIpc) is 2.51. The molecule has 4 heteroatoms. The van der Waals surface area contributed by atoms with Crippen molar-refractivity contribution in [3.05, 3.63) is 0 Å². The van der Waals surface area contributed by atoms with Gasteiger partial charge in [-0.15, -0.1) is 0 Å². The Bertz CT molecular complexity index is 284. The lowest BCUT2D eigenvalue weighted by Crippen LogP contribution is -2.19. The van der Waals surface area contributed by atoms with Crippen molar-refractivity contribution in [2.24, 2.45) is 0 Å². The average molecular weight is 345 g/mol. The highest BCUT2D eigenvalue weighted by Crippen LogP contribution is 2.10. The molecule has 0 aliphatic rings. The number of ether oxygens (including phenoxy) is 1. The van der Waals surface area contributed by atoms with Gasteiger partial charge in [-0.1, -0.05) is 58.3 Å². The smallest absolute Gasteiger partial charge is 0.305 e. The van der Waals surface area contributed by atoms with Gasteiger partial charge in [-0.05, 0) is 40.0 Å². The van der Waals surface area contributed by atoms with E-state index in [0.717, 1.165) is 38.5 Å². The van der Waals surface area contributed by atoms with Gasteiger partial charge >= 0.3 is 5.97 Å². The van der Waals surface area contributed by atoms with Crippen LogP contribution in [0.15, 0.2) is 0 Å². The lowest BCUT2D eigenvalue weighted by Gasteiger charge is -2.17. The molecule has 4 nitrogen and oxygen atoms in total. The molecule has 0 aliphatic carbocycles. The van der Waals surface area contributed by atoms with Gasteiger partial charge in [0.25, 0.3) is 0 Å². The summed E-state index contributed by atoms with van der Waals surface area (Å²) in [5, 5.41) is 0. The number of rotatable bonds is 16. The number of hydrogen-bond donors (Lipinski definition) is 0. The van der Waals surface area contributed by atoms with E-state index in [1.165, 1.54) is 32.1 Å². The normalized spacial score (nSPS) is 11.7. The molecule has 0 N–H and O–H groups in total. The maximum atomic E-state index is 11.5. The van der Waals surface area contributed by atoms with Crippen LogP contribution in [0.1, 0.15) is 105 Å². The molecule has 0 rings (SSSR count). The Morgan fingerprint density at radius 1 is 0.750 bits per heavy atom. The third-order valence-electron chi connectivity index (χ3n) is 3.68. The largest absolute Gasteiger partial charge is 0.466 e. The molecule has 0 saturated carbocycles. The minimum absolute atomic E-state index is 0.0255. The molecule has 0 unspecified atom stereocenters. The van der Waals surface area contributed by atoms with Gasteiger partial charge < -0.3 is 4.74 Å². The summed E-state index contributed by atoms with van der Waals surface area (Å²) in [5.41, 5.74) is -0.229. The van der Waals surface area contributed by atoms with E-state index in [2.05, 4.69) is 6.92 Å². The van der Waals surface area contributed by atoms with Crippen LogP contribution in [-0.2, 0) is 19.3 Å². The van der Waals surface area contributed by atoms with E-state index in [9.17, 15) is 4.79 Å². The van der Waals surface area contributed by atoms with Crippen LogP contribution in [0.4, 0.5) is 0 Å². The van der Waals surface area contributed by atoms with E-state index in [0.29, 0.717) is 19.6 Å². The lowest BCUT2D eigenvalue weighted by atomic mass is 10.1. The lowest BCUT2D eigenvalue weighted by molar-refractivity contribution is -0.348. The molecule has 0 saturated heterocycles. The Balaban J connectivity index is 3.18. The second kappa shape index (κ2) is 15.9. The molecule has 0 spiro atoms. The number of hydrogen-bond acceptors (Lipinski definition) is 4. The summed E-state index contributed by atoms with van der Waals surface area (Å²) in [7, 11) is 0. The molecular weight excluding hydrogens is 304 g/mol. The number of carbonyl (C=O) groups excluding carboxylic acids is 1. The SMILES string of the molecule is CCCCCCCC(=O)OCCCCCCCCOOC(C)(C)C. The first-order valence-corrected chi connectivity index (χ1v) is 9.92. The molecule has 0 fully saturated rings. The predicted octanol–water partition coefficient (Wildman–Crippen LogP) is 5.98. The summed E-state index contributed by atoms with van der Waals surface area (Å²) in [6, 6.07) is 0. The summed E-state index contributed by atoms with van der Waals surface area (Å²) in [6.45, 7) is 9.37. The maximum absolute atomic E-state index is 11.5. The molecule has 0 amide bonds. The fourth-order valence-corrected chi connectivity index (χ4v) is 2.32. The number of carbonyl (C=O) groups is 1. The second-order valence-electron chi connectivity index (χ2n) is 7.52. The number of unbranched alkanes of at least 4 members (excludes halogenated alkanes) is 9. The molecule has 144 valence electrons. The van der Waals surface area contributed by atoms with Crippen molar-refractivity contribution in [1.82, 2.24) is 0 Å². The first-order chi connectivity index (χ1) is 11.5. The van der Waals surface area contributed by atoms with Crippen molar-refractivity contribution >= 4 is 5.97 Å². The summed E-state index contributed by atoms with van der Waals surface area (Å²) in [5.74, 6) is -0.0255. The molecule has 24 heavy (non-hydrogen) atoms. The Morgan fingerprint density at radius 2 is 1.29 bits per heavy atom. The van der Waals surface area contributed by atoms with Gasteiger partial charge in [0.2, 0.25) is 0 Å².